The highest BCUT2D eigenvalue weighted by molar-refractivity contribution is 14.1. The van der Waals surface area contributed by atoms with Gasteiger partial charge in [0.1, 0.15) is 15.1 Å². The lowest BCUT2D eigenvalue weighted by Gasteiger charge is -2.05. The molecule has 2 aromatic rings. The third-order valence-corrected chi connectivity index (χ3v) is 3.37. The van der Waals surface area contributed by atoms with Crippen LogP contribution in [0.5, 0.6) is 11.6 Å². The lowest BCUT2D eigenvalue weighted by atomic mass is 10.1. The second-order valence-electron chi connectivity index (χ2n) is 3.68. The molecule has 0 unspecified atom stereocenters. The monoisotopic (exact) mass is 358 g/mol. The molecule has 18 heavy (non-hydrogen) atoms. The Morgan fingerprint density at radius 3 is 2.94 bits per heavy atom. The summed E-state index contributed by atoms with van der Waals surface area (Å²) in [4.78, 5) is 18.0. The van der Waals surface area contributed by atoms with Gasteiger partial charge in [-0.1, -0.05) is 12.1 Å². The van der Waals surface area contributed by atoms with Crippen molar-refractivity contribution >= 4 is 22.6 Å². The van der Waals surface area contributed by atoms with Crippen LogP contribution in [0.25, 0.3) is 0 Å². The van der Waals surface area contributed by atoms with Crippen molar-refractivity contribution in [1.82, 2.24) is 9.97 Å². The first kappa shape index (κ1) is 12.9. The van der Waals surface area contributed by atoms with Crippen molar-refractivity contribution in [2.75, 3.05) is 7.11 Å². The zero-order valence-electron chi connectivity index (χ0n) is 9.61. The van der Waals surface area contributed by atoms with Crippen LogP contribution in [0.3, 0.4) is 0 Å². The number of hydrogen-bond acceptors (Lipinski definition) is 4. The SMILES string of the molecule is COc1cccc(Cc2nc(O)c(I)c(=O)[nH]2)c1. The zero-order valence-corrected chi connectivity index (χ0v) is 11.8. The molecular formula is C12H11IN2O3. The fourth-order valence-electron chi connectivity index (χ4n) is 1.55. The molecule has 0 aliphatic carbocycles. The van der Waals surface area contributed by atoms with Crippen LogP contribution in [0.2, 0.25) is 0 Å². The molecule has 0 atom stereocenters. The van der Waals surface area contributed by atoms with Crippen molar-refractivity contribution in [3.05, 3.63) is 49.6 Å². The molecule has 0 amide bonds. The van der Waals surface area contributed by atoms with Crippen LogP contribution in [-0.2, 0) is 6.42 Å². The molecule has 0 saturated heterocycles. The summed E-state index contributed by atoms with van der Waals surface area (Å²) in [5.74, 6) is 0.924. The van der Waals surface area contributed by atoms with E-state index in [0.717, 1.165) is 11.3 Å². The van der Waals surface area contributed by atoms with Crippen LogP contribution >= 0.6 is 22.6 Å². The maximum Gasteiger partial charge on any atom is 0.268 e. The van der Waals surface area contributed by atoms with E-state index in [9.17, 15) is 9.90 Å². The first-order chi connectivity index (χ1) is 8.60. The molecule has 0 aliphatic rings. The van der Waals surface area contributed by atoms with E-state index in [0.29, 0.717) is 12.2 Å². The van der Waals surface area contributed by atoms with Crippen LogP contribution in [0, 0.1) is 3.57 Å². The fourth-order valence-corrected chi connectivity index (χ4v) is 1.81. The van der Waals surface area contributed by atoms with E-state index < -0.39 is 0 Å². The van der Waals surface area contributed by atoms with Crippen LogP contribution in [0.4, 0.5) is 0 Å². The third kappa shape index (κ3) is 2.81. The summed E-state index contributed by atoms with van der Waals surface area (Å²) in [7, 11) is 1.59. The number of H-pyrrole nitrogens is 1. The number of halogens is 1. The molecule has 1 aromatic heterocycles. The van der Waals surface area contributed by atoms with Gasteiger partial charge in [0.2, 0.25) is 5.88 Å². The van der Waals surface area contributed by atoms with Crippen molar-refractivity contribution in [2.45, 2.75) is 6.42 Å². The average Bonchev–Trinajstić information content (AvgIpc) is 2.36. The van der Waals surface area contributed by atoms with Gasteiger partial charge in [0.05, 0.1) is 7.11 Å². The minimum Gasteiger partial charge on any atom is -0.497 e. The molecule has 1 heterocycles. The Balaban J connectivity index is 2.31. The van der Waals surface area contributed by atoms with Gasteiger partial charge in [-0.25, -0.2) is 0 Å². The number of ether oxygens (including phenoxy) is 1. The smallest absolute Gasteiger partial charge is 0.268 e. The molecule has 0 saturated carbocycles. The highest BCUT2D eigenvalue weighted by Crippen LogP contribution is 2.16. The van der Waals surface area contributed by atoms with Crippen LogP contribution in [0.1, 0.15) is 11.4 Å². The summed E-state index contributed by atoms with van der Waals surface area (Å²) in [6, 6.07) is 7.45. The number of benzene rings is 1. The number of nitrogens with zero attached hydrogens (tertiary/aromatic N) is 1. The van der Waals surface area contributed by atoms with Crippen LogP contribution in [-0.4, -0.2) is 22.2 Å². The molecule has 0 bridgehead atoms. The Morgan fingerprint density at radius 1 is 1.50 bits per heavy atom. The summed E-state index contributed by atoms with van der Waals surface area (Å²) in [6.07, 6.45) is 0.428. The third-order valence-electron chi connectivity index (χ3n) is 2.40. The van der Waals surface area contributed by atoms with Crippen molar-refractivity contribution in [3.8, 4) is 11.6 Å². The summed E-state index contributed by atoms with van der Waals surface area (Å²) in [6.45, 7) is 0. The van der Waals surface area contributed by atoms with Crippen molar-refractivity contribution in [3.63, 3.8) is 0 Å². The van der Waals surface area contributed by atoms with Gasteiger partial charge in [-0.2, -0.15) is 4.98 Å². The second kappa shape index (κ2) is 5.38. The average molecular weight is 358 g/mol. The summed E-state index contributed by atoms with van der Waals surface area (Å²) >= 11 is 1.75. The molecule has 0 spiro atoms. The van der Waals surface area contributed by atoms with E-state index in [4.69, 9.17) is 4.74 Å². The van der Waals surface area contributed by atoms with E-state index in [2.05, 4.69) is 9.97 Å². The quantitative estimate of drug-likeness (QED) is 0.819. The lowest BCUT2D eigenvalue weighted by molar-refractivity contribution is 0.414. The maximum absolute atomic E-state index is 11.5. The maximum atomic E-state index is 11.5. The molecule has 0 aliphatic heterocycles. The Labute approximate surface area is 117 Å². The topological polar surface area (TPSA) is 75.2 Å². The van der Waals surface area contributed by atoms with Gasteiger partial charge in [-0.3, -0.25) is 4.79 Å². The van der Waals surface area contributed by atoms with Gasteiger partial charge < -0.3 is 14.8 Å². The van der Waals surface area contributed by atoms with Crippen molar-refractivity contribution < 1.29 is 9.84 Å². The molecule has 2 rings (SSSR count). The molecule has 2 N–H and O–H groups in total. The summed E-state index contributed by atoms with van der Waals surface area (Å²) < 4.78 is 5.31. The van der Waals surface area contributed by atoms with Gasteiger partial charge in [-0.05, 0) is 40.3 Å². The van der Waals surface area contributed by atoms with Crippen LogP contribution < -0.4 is 10.3 Å². The molecular weight excluding hydrogens is 347 g/mol. The second-order valence-corrected chi connectivity index (χ2v) is 4.76. The zero-order chi connectivity index (χ0) is 13.1. The first-order valence-electron chi connectivity index (χ1n) is 5.20. The van der Waals surface area contributed by atoms with E-state index in [1.54, 1.807) is 29.7 Å². The highest BCUT2D eigenvalue weighted by atomic mass is 127. The summed E-state index contributed by atoms with van der Waals surface area (Å²) in [5, 5.41) is 9.50. The van der Waals surface area contributed by atoms with Gasteiger partial charge in [0.15, 0.2) is 0 Å². The number of hydrogen-bond donors (Lipinski definition) is 2. The van der Waals surface area contributed by atoms with E-state index in [1.165, 1.54) is 0 Å². The van der Waals surface area contributed by atoms with E-state index >= 15 is 0 Å². The van der Waals surface area contributed by atoms with Crippen molar-refractivity contribution in [2.24, 2.45) is 0 Å². The number of nitrogens with one attached hydrogen (secondary N) is 1. The minimum absolute atomic E-state index is 0.196. The molecule has 0 radical (unpaired) electrons. The molecule has 5 nitrogen and oxygen atoms in total. The molecule has 0 fully saturated rings. The number of aromatic amines is 1. The van der Waals surface area contributed by atoms with Gasteiger partial charge in [0.25, 0.3) is 5.56 Å². The van der Waals surface area contributed by atoms with Gasteiger partial charge >= 0.3 is 0 Å². The molecule has 6 heteroatoms. The summed E-state index contributed by atoms with van der Waals surface area (Å²) in [5.41, 5.74) is 0.610. The standard InChI is InChI=1S/C12H11IN2O3/c1-18-8-4-2-3-7(5-8)6-9-14-11(16)10(13)12(17)15-9/h2-5H,6H2,1H3,(H2,14,15,16,17). The predicted octanol–water partition coefficient (Wildman–Crippen LogP) is 1.68. The fraction of sp³-hybridized carbons (Fsp3) is 0.167. The normalized spacial score (nSPS) is 10.3. The number of aromatic nitrogens is 2. The molecule has 1 aromatic carbocycles. The number of aromatic hydroxyl groups is 1. The Morgan fingerprint density at radius 2 is 2.28 bits per heavy atom. The number of rotatable bonds is 3. The lowest BCUT2D eigenvalue weighted by Crippen LogP contribution is -2.14. The van der Waals surface area contributed by atoms with Gasteiger partial charge in [0, 0.05) is 6.42 Å². The largest absolute Gasteiger partial charge is 0.497 e. The Kier molecular flexibility index (Phi) is 3.85. The highest BCUT2D eigenvalue weighted by Gasteiger charge is 2.08. The Hall–Kier alpha value is -1.57. The van der Waals surface area contributed by atoms with E-state index in [-0.39, 0.29) is 15.0 Å². The number of methoxy groups -OCH3 is 1. The van der Waals surface area contributed by atoms with E-state index in [1.807, 2.05) is 24.3 Å². The Bertz CT molecular complexity index is 625. The molecule has 94 valence electrons. The van der Waals surface area contributed by atoms with Crippen molar-refractivity contribution in [1.29, 1.82) is 0 Å². The first-order valence-corrected chi connectivity index (χ1v) is 6.28. The van der Waals surface area contributed by atoms with Crippen LogP contribution in [0.15, 0.2) is 29.1 Å². The minimum atomic E-state index is -0.332. The van der Waals surface area contributed by atoms with Gasteiger partial charge in [-0.15, -0.1) is 0 Å². The predicted molar refractivity (Wildman–Crippen MR) is 75.0 cm³/mol.